The Morgan fingerprint density at radius 2 is 1.58 bits per heavy atom. The molecule has 73 valence electrons. The fourth-order valence-electron chi connectivity index (χ4n) is 0.294. The second-order valence-corrected chi connectivity index (χ2v) is 6.20. The third-order valence-electron chi connectivity index (χ3n) is 1.04. The van der Waals surface area contributed by atoms with E-state index in [0.29, 0.717) is 0 Å². The lowest BCUT2D eigenvalue weighted by Gasteiger charge is -2.09. The Labute approximate surface area is 72.7 Å². The summed E-state index contributed by atoms with van der Waals surface area (Å²) in [4.78, 5) is 0. The van der Waals surface area contributed by atoms with Crippen molar-refractivity contribution in [3.8, 4) is 0 Å². The molecule has 0 heterocycles. The van der Waals surface area contributed by atoms with E-state index in [-0.39, 0.29) is 5.08 Å². The predicted octanol–water partition coefficient (Wildman–Crippen LogP) is -1.45. The second kappa shape index (κ2) is 3.69. The minimum atomic E-state index is -3.83. The predicted molar refractivity (Wildman–Crippen MR) is 44.9 cm³/mol. The van der Waals surface area contributed by atoms with E-state index in [0.717, 1.165) is 11.4 Å². The van der Waals surface area contributed by atoms with Gasteiger partial charge in [-0.2, -0.15) is 0 Å². The van der Waals surface area contributed by atoms with Gasteiger partial charge in [-0.1, -0.05) is 0 Å². The van der Waals surface area contributed by atoms with Crippen LogP contribution < -0.4 is 4.72 Å². The van der Waals surface area contributed by atoms with Gasteiger partial charge in [0.15, 0.2) is 0 Å². The average molecular weight is 215 g/mol. The molecule has 0 atom stereocenters. The van der Waals surface area contributed by atoms with Crippen molar-refractivity contribution in [3.63, 3.8) is 0 Å². The van der Waals surface area contributed by atoms with Crippen molar-refractivity contribution in [3.05, 3.63) is 5.08 Å². The number of hydrogen-bond acceptors (Lipinski definition) is 4. The highest BCUT2D eigenvalue weighted by Gasteiger charge is 2.23. The molecule has 0 saturated carbocycles. The third-order valence-corrected chi connectivity index (χ3v) is 4.61. The van der Waals surface area contributed by atoms with E-state index in [9.17, 15) is 16.8 Å². The van der Waals surface area contributed by atoms with Gasteiger partial charge in [0.2, 0.25) is 25.1 Å². The molecule has 0 amide bonds. The van der Waals surface area contributed by atoms with Crippen LogP contribution in [0.2, 0.25) is 0 Å². The van der Waals surface area contributed by atoms with Crippen LogP contribution in [0.5, 0.6) is 0 Å². The normalized spacial score (nSPS) is 13.7. The number of nitrogens with zero attached hydrogens (tertiary/aromatic N) is 1. The lowest BCUT2D eigenvalue weighted by Crippen LogP contribution is -2.29. The van der Waals surface area contributed by atoms with Gasteiger partial charge in [0.1, 0.15) is 0 Å². The fraction of sp³-hybridized carbons (Fsp3) is 0.750. The van der Waals surface area contributed by atoms with Gasteiger partial charge in [0.25, 0.3) is 0 Å². The standard InChI is InChI=1S/C4H11N2O4S2/c1-5-11(7,8)4-12(9,10)6(2)3/h4-5H,1-3H3. The number of rotatable bonds is 4. The van der Waals surface area contributed by atoms with Crippen molar-refractivity contribution in [2.24, 2.45) is 0 Å². The van der Waals surface area contributed by atoms with Crippen molar-refractivity contribution in [1.29, 1.82) is 0 Å². The molecule has 0 spiro atoms. The first-order valence-corrected chi connectivity index (χ1v) is 5.97. The van der Waals surface area contributed by atoms with Gasteiger partial charge in [-0.25, -0.2) is 25.9 Å². The molecule has 1 N–H and O–H groups in total. The van der Waals surface area contributed by atoms with Gasteiger partial charge in [-0.05, 0) is 7.05 Å². The highest BCUT2D eigenvalue weighted by atomic mass is 32.3. The van der Waals surface area contributed by atoms with E-state index in [1.165, 1.54) is 14.1 Å². The van der Waals surface area contributed by atoms with Crippen molar-refractivity contribution in [2.45, 2.75) is 0 Å². The highest BCUT2D eigenvalue weighted by molar-refractivity contribution is 8.09. The Hall–Kier alpha value is -0.180. The first kappa shape index (κ1) is 11.8. The Morgan fingerprint density at radius 1 is 1.17 bits per heavy atom. The molecular formula is C4H11N2O4S2. The van der Waals surface area contributed by atoms with Crippen LogP contribution >= 0.6 is 0 Å². The molecular weight excluding hydrogens is 204 g/mol. The molecule has 0 aliphatic carbocycles. The van der Waals surface area contributed by atoms with E-state index < -0.39 is 20.0 Å². The topological polar surface area (TPSA) is 83.5 Å². The average Bonchev–Trinajstić information content (AvgIpc) is 1.85. The van der Waals surface area contributed by atoms with Gasteiger partial charge >= 0.3 is 0 Å². The largest absolute Gasteiger partial charge is 0.234 e. The van der Waals surface area contributed by atoms with Crippen molar-refractivity contribution < 1.29 is 16.8 Å². The molecule has 0 unspecified atom stereocenters. The van der Waals surface area contributed by atoms with Crippen LogP contribution in [0, 0.1) is 5.08 Å². The van der Waals surface area contributed by atoms with Crippen LogP contribution in [-0.4, -0.2) is 42.3 Å². The highest BCUT2D eigenvalue weighted by Crippen LogP contribution is 2.03. The zero-order valence-corrected chi connectivity index (χ0v) is 8.61. The van der Waals surface area contributed by atoms with E-state index in [1.54, 1.807) is 0 Å². The molecule has 0 aromatic rings. The molecule has 0 aromatic carbocycles. The van der Waals surface area contributed by atoms with Gasteiger partial charge in [-0.3, -0.25) is 0 Å². The summed E-state index contributed by atoms with van der Waals surface area (Å²) in [5.41, 5.74) is 0. The smallest absolute Gasteiger partial charge is 0.217 e. The summed E-state index contributed by atoms with van der Waals surface area (Å²) in [6, 6.07) is 0. The second-order valence-electron chi connectivity index (χ2n) is 2.17. The maximum absolute atomic E-state index is 11.0. The van der Waals surface area contributed by atoms with E-state index >= 15 is 0 Å². The molecule has 0 aliphatic heterocycles. The van der Waals surface area contributed by atoms with Crippen molar-refractivity contribution in [2.75, 3.05) is 21.1 Å². The minimum absolute atomic E-state index is 0.264. The molecule has 1 radical (unpaired) electrons. The number of hydrogen-bond donors (Lipinski definition) is 1. The van der Waals surface area contributed by atoms with Gasteiger partial charge in [0, 0.05) is 14.1 Å². The van der Waals surface area contributed by atoms with E-state index in [4.69, 9.17) is 0 Å². The molecule has 6 nitrogen and oxygen atoms in total. The Bertz CT molecular complexity index is 328. The summed E-state index contributed by atoms with van der Waals surface area (Å²) in [7, 11) is -4.01. The molecule has 8 heteroatoms. The van der Waals surface area contributed by atoms with E-state index in [1.807, 2.05) is 4.72 Å². The molecule has 0 bridgehead atoms. The Kier molecular flexibility index (Phi) is 3.63. The molecule has 12 heavy (non-hydrogen) atoms. The van der Waals surface area contributed by atoms with Crippen LogP contribution in [0.1, 0.15) is 0 Å². The zero-order chi connectivity index (χ0) is 9.99. The Balaban J connectivity index is 4.71. The van der Waals surface area contributed by atoms with E-state index in [2.05, 4.69) is 0 Å². The van der Waals surface area contributed by atoms with Crippen LogP contribution in [-0.2, 0) is 20.0 Å². The van der Waals surface area contributed by atoms with Crippen LogP contribution in [0.25, 0.3) is 0 Å². The summed E-state index contributed by atoms with van der Waals surface area (Å²) in [5.74, 6) is 0. The van der Waals surface area contributed by atoms with Crippen molar-refractivity contribution in [1.82, 2.24) is 9.03 Å². The first-order valence-electron chi connectivity index (χ1n) is 2.92. The maximum atomic E-state index is 11.0. The minimum Gasteiger partial charge on any atom is -0.217 e. The zero-order valence-electron chi connectivity index (χ0n) is 6.97. The Morgan fingerprint density at radius 3 is 1.83 bits per heavy atom. The fourth-order valence-corrected chi connectivity index (χ4v) is 2.65. The number of nitrogens with one attached hydrogen (secondary N) is 1. The summed E-state index contributed by atoms with van der Waals surface area (Å²) in [6.45, 7) is 0. The molecule has 0 rings (SSSR count). The number of sulfonamides is 2. The van der Waals surface area contributed by atoms with Crippen LogP contribution in [0.4, 0.5) is 0 Å². The quantitative estimate of drug-likeness (QED) is 0.621. The van der Waals surface area contributed by atoms with Crippen molar-refractivity contribution >= 4 is 20.0 Å². The molecule has 0 saturated heterocycles. The van der Waals surface area contributed by atoms with Gasteiger partial charge in [-0.15, -0.1) is 0 Å². The summed E-state index contributed by atoms with van der Waals surface area (Å²) < 4.78 is 46.1. The van der Waals surface area contributed by atoms with Gasteiger partial charge in [0.05, 0.1) is 0 Å². The lowest BCUT2D eigenvalue weighted by molar-refractivity contribution is 0.528. The third kappa shape index (κ3) is 3.48. The maximum Gasteiger partial charge on any atom is 0.234 e. The summed E-state index contributed by atoms with van der Waals surface area (Å²) in [5, 5.41) is 0.264. The summed E-state index contributed by atoms with van der Waals surface area (Å²) in [6.07, 6.45) is 0. The SMILES string of the molecule is CNS(=O)(=O)[CH]S(=O)(=O)N(C)C. The van der Waals surface area contributed by atoms with Crippen LogP contribution in [0.3, 0.4) is 0 Å². The first-order chi connectivity index (χ1) is 5.21. The summed E-state index contributed by atoms with van der Waals surface area (Å²) >= 11 is 0. The van der Waals surface area contributed by atoms with Gasteiger partial charge < -0.3 is 0 Å². The van der Waals surface area contributed by atoms with Crippen LogP contribution in [0.15, 0.2) is 0 Å². The molecule has 0 aliphatic rings. The molecule has 0 aromatic heterocycles. The lowest BCUT2D eigenvalue weighted by atomic mass is 11.3. The molecule has 0 fully saturated rings. The monoisotopic (exact) mass is 215 g/mol.